The number of anilines is 1. The van der Waals surface area contributed by atoms with Gasteiger partial charge in [0.05, 0.1) is 5.52 Å². The van der Waals surface area contributed by atoms with Crippen LogP contribution in [-0.2, 0) is 0 Å². The van der Waals surface area contributed by atoms with Crippen LogP contribution in [0.1, 0.15) is 35.0 Å². The molecule has 0 fully saturated rings. The molecule has 2 N–H and O–H groups in total. The molecule has 0 saturated carbocycles. The highest BCUT2D eigenvalue weighted by molar-refractivity contribution is 6.06. The van der Waals surface area contributed by atoms with Crippen LogP contribution in [-0.4, -0.2) is 27.7 Å². The number of fused-ring (bicyclic) bond motifs is 1. The second-order valence-electron chi connectivity index (χ2n) is 6.30. The lowest BCUT2D eigenvalue weighted by Gasteiger charge is -2.05. The number of amides is 2. The van der Waals surface area contributed by atoms with Gasteiger partial charge < -0.3 is 10.6 Å². The lowest BCUT2D eigenvalue weighted by molar-refractivity contribution is 0.0946. The second-order valence-corrected chi connectivity index (χ2v) is 6.30. The fourth-order valence-electron chi connectivity index (χ4n) is 2.47. The van der Waals surface area contributed by atoms with E-state index in [0.29, 0.717) is 23.7 Å². The number of pyridine rings is 1. The molecule has 2 amide bonds. The minimum absolute atomic E-state index is 0.0830. The first-order chi connectivity index (χ1) is 12.5. The van der Waals surface area contributed by atoms with Crippen molar-refractivity contribution in [3.05, 3.63) is 66.0 Å². The van der Waals surface area contributed by atoms with Gasteiger partial charge in [0.2, 0.25) is 5.82 Å². The number of carbonyl (C=O) groups excluding carboxylic acids is 2. The molecule has 134 valence electrons. The van der Waals surface area contributed by atoms with Crippen molar-refractivity contribution in [2.75, 3.05) is 11.9 Å². The van der Waals surface area contributed by atoms with Gasteiger partial charge in [-0.05, 0) is 42.3 Å². The second kappa shape index (κ2) is 7.35. The van der Waals surface area contributed by atoms with E-state index in [0.717, 1.165) is 0 Å². The first-order valence-electron chi connectivity index (χ1n) is 8.28. The Morgan fingerprint density at radius 2 is 1.85 bits per heavy atom. The van der Waals surface area contributed by atoms with Gasteiger partial charge in [-0.2, -0.15) is 0 Å². The van der Waals surface area contributed by atoms with E-state index in [4.69, 9.17) is 0 Å². The Hall–Kier alpha value is -3.22. The van der Waals surface area contributed by atoms with Gasteiger partial charge in [0.1, 0.15) is 5.82 Å². The number of carbonyl (C=O) groups is 2. The first kappa shape index (κ1) is 17.6. The van der Waals surface area contributed by atoms with E-state index in [1.165, 1.54) is 24.3 Å². The van der Waals surface area contributed by atoms with E-state index in [1.54, 1.807) is 28.8 Å². The summed E-state index contributed by atoms with van der Waals surface area (Å²) in [6, 6.07) is 10.7. The molecule has 1 aromatic carbocycles. The Morgan fingerprint density at radius 3 is 2.54 bits per heavy atom. The SMILES string of the molecule is CC(C)CNC(=O)c1nc(C(=O)Nc2ccc(F)cc2)n2ccccc12. The number of hydrogen-bond acceptors (Lipinski definition) is 3. The predicted molar refractivity (Wildman–Crippen MR) is 96.7 cm³/mol. The standard InChI is InChI=1S/C19H19FN4O2/c1-12(2)11-21-18(25)16-15-5-3-4-10-24(15)17(23-16)19(26)22-14-8-6-13(20)7-9-14/h3-10,12H,11H2,1-2H3,(H,21,25)(H,22,26). The van der Waals surface area contributed by atoms with Gasteiger partial charge in [-0.25, -0.2) is 9.37 Å². The van der Waals surface area contributed by atoms with Crippen molar-refractivity contribution in [1.82, 2.24) is 14.7 Å². The summed E-state index contributed by atoms with van der Waals surface area (Å²) < 4.78 is 14.6. The Labute approximate surface area is 150 Å². The van der Waals surface area contributed by atoms with Crippen molar-refractivity contribution < 1.29 is 14.0 Å². The van der Waals surface area contributed by atoms with Crippen molar-refractivity contribution in [1.29, 1.82) is 0 Å². The van der Waals surface area contributed by atoms with Gasteiger partial charge in [-0.3, -0.25) is 14.0 Å². The molecule has 3 aromatic rings. The zero-order valence-electron chi connectivity index (χ0n) is 14.5. The van der Waals surface area contributed by atoms with Crippen molar-refractivity contribution in [2.24, 2.45) is 5.92 Å². The van der Waals surface area contributed by atoms with Crippen LogP contribution in [0.15, 0.2) is 48.7 Å². The van der Waals surface area contributed by atoms with Crippen LogP contribution in [0.3, 0.4) is 0 Å². The fraction of sp³-hybridized carbons (Fsp3) is 0.211. The Bertz CT molecular complexity index is 948. The summed E-state index contributed by atoms with van der Waals surface area (Å²) in [5.41, 5.74) is 1.17. The van der Waals surface area contributed by atoms with Crippen LogP contribution in [0.25, 0.3) is 5.52 Å². The molecular formula is C19H19FN4O2. The molecule has 0 radical (unpaired) electrons. The van der Waals surface area contributed by atoms with Crippen molar-refractivity contribution in [2.45, 2.75) is 13.8 Å². The first-order valence-corrected chi connectivity index (χ1v) is 8.28. The molecule has 3 rings (SSSR count). The Kier molecular flexibility index (Phi) is 4.97. The normalized spacial score (nSPS) is 10.9. The van der Waals surface area contributed by atoms with Crippen LogP contribution < -0.4 is 10.6 Å². The summed E-state index contributed by atoms with van der Waals surface area (Å²) in [7, 11) is 0. The molecule has 6 nitrogen and oxygen atoms in total. The lowest BCUT2D eigenvalue weighted by Crippen LogP contribution is -2.27. The average molecular weight is 354 g/mol. The molecule has 2 heterocycles. The zero-order valence-corrected chi connectivity index (χ0v) is 14.5. The monoisotopic (exact) mass is 354 g/mol. The Morgan fingerprint density at radius 1 is 1.12 bits per heavy atom. The van der Waals surface area contributed by atoms with E-state index < -0.39 is 11.7 Å². The van der Waals surface area contributed by atoms with E-state index in [1.807, 2.05) is 13.8 Å². The zero-order chi connectivity index (χ0) is 18.7. The molecule has 0 spiro atoms. The van der Waals surface area contributed by atoms with Gasteiger partial charge in [0.15, 0.2) is 5.69 Å². The van der Waals surface area contributed by atoms with Gasteiger partial charge in [-0.15, -0.1) is 0 Å². The maximum absolute atomic E-state index is 13.0. The molecule has 7 heteroatoms. The number of hydrogen-bond donors (Lipinski definition) is 2. The fourth-order valence-corrected chi connectivity index (χ4v) is 2.47. The molecule has 0 unspecified atom stereocenters. The largest absolute Gasteiger partial charge is 0.350 e. The van der Waals surface area contributed by atoms with Crippen LogP contribution in [0.5, 0.6) is 0 Å². The van der Waals surface area contributed by atoms with Crippen LogP contribution in [0, 0.1) is 11.7 Å². The Balaban J connectivity index is 1.92. The number of halogens is 1. The van der Waals surface area contributed by atoms with Crippen LogP contribution in [0.2, 0.25) is 0 Å². The molecule has 0 bridgehead atoms. The molecule has 0 atom stereocenters. The molecule has 0 aliphatic rings. The quantitative estimate of drug-likeness (QED) is 0.739. The number of benzene rings is 1. The van der Waals surface area contributed by atoms with E-state index in [2.05, 4.69) is 15.6 Å². The third-order valence-corrected chi connectivity index (χ3v) is 3.74. The molecule has 0 aliphatic heterocycles. The topological polar surface area (TPSA) is 75.5 Å². The predicted octanol–water partition coefficient (Wildman–Crippen LogP) is 3.11. The van der Waals surface area contributed by atoms with Gasteiger partial charge >= 0.3 is 0 Å². The summed E-state index contributed by atoms with van der Waals surface area (Å²) in [5, 5.41) is 5.47. The molecule has 0 saturated heterocycles. The molecule has 0 aliphatic carbocycles. The minimum atomic E-state index is -0.485. The highest BCUT2D eigenvalue weighted by atomic mass is 19.1. The third kappa shape index (κ3) is 3.72. The minimum Gasteiger partial charge on any atom is -0.350 e. The average Bonchev–Trinajstić information content (AvgIpc) is 3.01. The third-order valence-electron chi connectivity index (χ3n) is 3.74. The number of aromatic nitrogens is 2. The molecular weight excluding hydrogens is 335 g/mol. The highest BCUT2D eigenvalue weighted by Gasteiger charge is 2.21. The van der Waals surface area contributed by atoms with Gasteiger partial charge in [0, 0.05) is 18.4 Å². The maximum Gasteiger partial charge on any atom is 0.292 e. The summed E-state index contributed by atoms with van der Waals surface area (Å²) in [4.78, 5) is 29.3. The number of nitrogens with zero attached hydrogens (tertiary/aromatic N) is 2. The van der Waals surface area contributed by atoms with E-state index >= 15 is 0 Å². The lowest BCUT2D eigenvalue weighted by atomic mass is 10.2. The molecule has 26 heavy (non-hydrogen) atoms. The van der Waals surface area contributed by atoms with Crippen molar-refractivity contribution >= 4 is 23.0 Å². The van der Waals surface area contributed by atoms with Crippen LogP contribution in [0.4, 0.5) is 10.1 Å². The summed E-state index contributed by atoms with van der Waals surface area (Å²) in [5.74, 6) is -0.823. The maximum atomic E-state index is 13.0. The number of nitrogens with one attached hydrogen (secondary N) is 2. The van der Waals surface area contributed by atoms with Crippen molar-refractivity contribution in [3.63, 3.8) is 0 Å². The smallest absolute Gasteiger partial charge is 0.292 e. The van der Waals surface area contributed by atoms with Gasteiger partial charge in [0.25, 0.3) is 11.8 Å². The van der Waals surface area contributed by atoms with Gasteiger partial charge in [-0.1, -0.05) is 19.9 Å². The number of rotatable bonds is 5. The van der Waals surface area contributed by atoms with Crippen molar-refractivity contribution in [3.8, 4) is 0 Å². The summed E-state index contributed by atoms with van der Waals surface area (Å²) >= 11 is 0. The van der Waals surface area contributed by atoms with E-state index in [-0.39, 0.29) is 17.4 Å². The number of imidazole rings is 1. The molecule has 2 aromatic heterocycles. The summed E-state index contributed by atoms with van der Waals surface area (Å²) in [6.07, 6.45) is 1.67. The van der Waals surface area contributed by atoms with E-state index in [9.17, 15) is 14.0 Å². The summed E-state index contributed by atoms with van der Waals surface area (Å²) in [6.45, 7) is 4.50. The van der Waals surface area contributed by atoms with Crippen LogP contribution >= 0.6 is 0 Å². The highest BCUT2D eigenvalue weighted by Crippen LogP contribution is 2.16.